The molecule has 0 aliphatic rings. The molecular formula is C66H42N2O. The van der Waals surface area contributed by atoms with Crippen LogP contribution in [-0.4, -0.2) is 4.57 Å². The first-order valence-electron chi connectivity index (χ1n) is 23.7. The lowest BCUT2D eigenvalue weighted by atomic mass is 9.89. The number of hydrogen-bond acceptors (Lipinski definition) is 2. The molecule has 0 bridgehead atoms. The van der Waals surface area contributed by atoms with E-state index in [1.165, 1.54) is 70.8 Å². The maximum absolute atomic E-state index is 6.49. The molecule has 0 radical (unpaired) electrons. The maximum Gasteiger partial charge on any atom is 0.143 e. The first-order valence-corrected chi connectivity index (χ1v) is 23.7. The van der Waals surface area contributed by atoms with Crippen LogP contribution in [0.15, 0.2) is 259 Å². The Bertz CT molecular complexity index is 4240. The lowest BCUT2D eigenvalue weighted by Gasteiger charge is -2.28. The van der Waals surface area contributed by atoms with Gasteiger partial charge in [0.15, 0.2) is 0 Å². The average Bonchev–Trinajstić information content (AvgIpc) is 3.97. The Morgan fingerprint density at radius 2 is 0.841 bits per heavy atom. The number of rotatable bonds is 7. The van der Waals surface area contributed by atoms with Crippen LogP contribution in [-0.2, 0) is 0 Å². The Kier molecular flexibility index (Phi) is 8.90. The van der Waals surface area contributed by atoms with Crippen LogP contribution < -0.4 is 4.90 Å². The SMILES string of the molecule is c1ccc2c(-c3ccc(-n4c5ccccc5c5ccccc54)cc3)c(-c3ccc(N(c4ccc(-c5cccc6c5oc5ccccc56)cc4)c4cc5ccccc5c5ccccc45)cc3)ccc2c1. The van der Waals surface area contributed by atoms with Gasteiger partial charge in [-0.25, -0.2) is 0 Å². The van der Waals surface area contributed by atoms with Crippen molar-refractivity contribution >= 4 is 93.1 Å². The molecule has 2 aromatic heterocycles. The van der Waals surface area contributed by atoms with Crippen LogP contribution in [0, 0.1) is 0 Å². The van der Waals surface area contributed by atoms with Crippen molar-refractivity contribution in [3.05, 3.63) is 255 Å². The van der Waals surface area contributed by atoms with Gasteiger partial charge in [0.1, 0.15) is 11.2 Å². The van der Waals surface area contributed by atoms with Crippen LogP contribution in [0.25, 0.3) is 115 Å². The largest absolute Gasteiger partial charge is 0.455 e. The molecule has 0 aliphatic heterocycles. The highest BCUT2D eigenvalue weighted by molar-refractivity contribution is 6.15. The highest BCUT2D eigenvalue weighted by atomic mass is 16.3. The number of furan rings is 1. The van der Waals surface area contributed by atoms with Crippen molar-refractivity contribution in [2.45, 2.75) is 0 Å². The van der Waals surface area contributed by atoms with Crippen molar-refractivity contribution in [1.29, 1.82) is 0 Å². The summed E-state index contributed by atoms with van der Waals surface area (Å²) in [4.78, 5) is 2.42. The molecule has 0 atom stereocenters. The zero-order chi connectivity index (χ0) is 45.4. The predicted molar refractivity (Wildman–Crippen MR) is 292 cm³/mol. The van der Waals surface area contributed by atoms with Gasteiger partial charge in [-0.15, -0.1) is 0 Å². The third kappa shape index (κ3) is 6.29. The molecule has 14 rings (SSSR count). The molecule has 69 heavy (non-hydrogen) atoms. The minimum Gasteiger partial charge on any atom is -0.455 e. The number of para-hydroxylation sites is 4. The van der Waals surface area contributed by atoms with Crippen LogP contribution in [0.5, 0.6) is 0 Å². The van der Waals surface area contributed by atoms with E-state index in [-0.39, 0.29) is 0 Å². The molecule has 14 aromatic rings. The van der Waals surface area contributed by atoms with E-state index in [1.54, 1.807) is 0 Å². The second-order valence-electron chi connectivity index (χ2n) is 18.0. The van der Waals surface area contributed by atoms with E-state index < -0.39 is 0 Å². The minimum atomic E-state index is 0.901. The Morgan fingerprint density at radius 3 is 1.54 bits per heavy atom. The van der Waals surface area contributed by atoms with Crippen molar-refractivity contribution in [3.63, 3.8) is 0 Å². The third-order valence-electron chi connectivity index (χ3n) is 14.2. The molecule has 0 amide bonds. The molecule has 12 aromatic carbocycles. The molecule has 0 spiro atoms. The van der Waals surface area contributed by atoms with E-state index >= 15 is 0 Å². The summed E-state index contributed by atoms with van der Waals surface area (Å²) in [6, 6.07) is 92.6. The predicted octanol–water partition coefficient (Wildman–Crippen LogP) is 18.6. The molecule has 0 N–H and O–H groups in total. The van der Waals surface area contributed by atoms with Gasteiger partial charge in [-0.05, 0) is 115 Å². The van der Waals surface area contributed by atoms with Crippen LogP contribution in [0.4, 0.5) is 17.1 Å². The van der Waals surface area contributed by atoms with Gasteiger partial charge in [0.2, 0.25) is 0 Å². The number of fused-ring (bicyclic) bond motifs is 10. The fourth-order valence-corrected chi connectivity index (χ4v) is 11.0. The Morgan fingerprint density at radius 1 is 0.319 bits per heavy atom. The number of aromatic nitrogens is 1. The summed E-state index contributed by atoms with van der Waals surface area (Å²) in [5, 5.41) is 12.1. The highest BCUT2D eigenvalue weighted by Gasteiger charge is 2.20. The highest BCUT2D eigenvalue weighted by Crippen LogP contribution is 2.45. The van der Waals surface area contributed by atoms with Gasteiger partial charge in [0.05, 0.1) is 16.7 Å². The summed E-state index contributed by atoms with van der Waals surface area (Å²) >= 11 is 0. The summed E-state index contributed by atoms with van der Waals surface area (Å²) < 4.78 is 8.87. The Balaban J connectivity index is 0.899. The monoisotopic (exact) mass is 878 g/mol. The summed E-state index contributed by atoms with van der Waals surface area (Å²) in [5.41, 5.74) is 15.6. The first kappa shape index (κ1) is 39.0. The lowest BCUT2D eigenvalue weighted by molar-refractivity contribution is 0.670. The van der Waals surface area contributed by atoms with Gasteiger partial charge < -0.3 is 13.9 Å². The standard InChI is InChI=1S/C66H42N2O/c1-4-17-52-43(14-1)34-41-53(65(52)46-32-39-50(40-33-46)68-61-25-10-7-20-57(61)58-21-8-11-26-62(58)68)44-28-35-48(36-29-44)67(63-42-47-15-2-3-16-51(47)55-18-5-6-19-56(55)63)49-37-30-45(31-38-49)54-23-13-24-60-59-22-9-12-27-64(59)69-66(54)60/h1-42H. The van der Waals surface area contributed by atoms with Crippen LogP contribution >= 0.6 is 0 Å². The second-order valence-corrected chi connectivity index (χ2v) is 18.0. The first-order chi connectivity index (χ1) is 34.2. The molecule has 0 unspecified atom stereocenters. The maximum atomic E-state index is 6.49. The summed E-state index contributed by atoms with van der Waals surface area (Å²) in [6.45, 7) is 0. The summed E-state index contributed by atoms with van der Waals surface area (Å²) in [5.74, 6) is 0. The van der Waals surface area contributed by atoms with E-state index in [4.69, 9.17) is 4.42 Å². The molecule has 0 fully saturated rings. The Labute approximate surface area is 399 Å². The summed E-state index contributed by atoms with van der Waals surface area (Å²) in [7, 11) is 0. The number of anilines is 3. The van der Waals surface area contributed by atoms with Gasteiger partial charge in [0.25, 0.3) is 0 Å². The van der Waals surface area contributed by atoms with E-state index in [9.17, 15) is 0 Å². The zero-order valence-corrected chi connectivity index (χ0v) is 37.6. The van der Waals surface area contributed by atoms with Gasteiger partial charge in [-0.2, -0.15) is 0 Å². The average molecular weight is 879 g/mol. The van der Waals surface area contributed by atoms with Crippen LogP contribution in [0.1, 0.15) is 0 Å². The normalized spacial score (nSPS) is 11.8. The van der Waals surface area contributed by atoms with Crippen molar-refractivity contribution in [3.8, 4) is 39.1 Å². The van der Waals surface area contributed by atoms with Crippen molar-refractivity contribution in [1.82, 2.24) is 4.57 Å². The smallest absolute Gasteiger partial charge is 0.143 e. The molecule has 0 aliphatic carbocycles. The number of hydrogen-bond donors (Lipinski definition) is 0. The minimum absolute atomic E-state index is 0.901. The quantitative estimate of drug-likeness (QED) is 0.149. The Hall–Kier alpha value is -9.18. The van der Waals surface area contributed by atoms with E-state index in [0.717, 1.165) is 61.4 Å². The van der Waals surface area contributed by atoms with Crippen molar-refractivity contribution in [2.75, 3.05) is 4.90 Å². The molecule has 3 nitrogen and oxygen atoms in total. The van der Waals surface area contributed by atoms with E-state index in [2.05, 4.69) is 252 Å². The third-order valence-corrected chi connectivity index (χ3v) is 14.2. The molecule has 0 saturated heterocycles. The molecular weight excluding hydrogens is 837 g/mol. The molecule has 2 heterocycles. The molecule has 322 valence electrons. The lowest BCUT2D eigenvalue weighted by Crippen LogP contribution is -2.10. The fourth-order valence-electron chi connectivity index (χ4n) is 11.0. The van der Waals surface area contributed by atoms with Gasteiger partial charge in [0, 0.05) is 49.6 Å². The van der Waals surface area contributed by atoms with Gasteiger partial charge >= 0.3 is 0 Å². The van der Waals surface area contributed by atoms with Gasteiger partial charge in [-0.1, -0.05) is 194 Å². The van der Waals surface area contributed by atoms with Crippen molar-refractivity contribution < 1.29 is 4.42 Å². The molecule has 0 saturated carbocycles. The van der Waals surface area contributed by atoms with Crippen LogP contribution in [0.3, 0.4) is 0 Å². The number of benzene rings is 12. The second kappa shape index (κ2) is 15.7. The number of nitrogens with zero attached hydrogens (tertiary/aromatic N) is 2. The topological polar surface area (TPSA) is 21.3 Å². The van der Waals surface area contributed by atoms with Crippen LogP contribution in [0.2, 0.25) is 0 Å². The molecule has 3 heteroatoms. The summed E-state index contributed by atoms with van der Waals surface area (Å²) in [6.07, 6.45) is 0. The fraction of sp³-hybridized carbons (Fsp3) is 0. The van der Waals surface area contributed by atoms with E-state index in [1.807, 2.05) is 12.1 Å². The zero-order valence-electron chi connectivity index (χ0n) is 37.6. The van der Waals surface area contributed by atoms with Crippen molar-refractivity contribution in [2.24, 2.45) is 0 Å². The van der Waals surface area contributed by atoms with Gasteiger partial charge in [-0.3, -0.25) is 0 Å². The van der Waals surface area contributed by atoms with E-state index in [0.29, 0.717) is 0 Å².